The number of thioether (sulfide) groups is 1. The Balaban J connectivity index is 2.27. The van der Waals surface area contributed by atoms with Crippen LogP contribution in [0.4, 0.5) is 5.69 Å². The van der Waals surface area contributed by atoms with Crippen molar-refractivity contribution in [2.24, 2.45) is 0 Å². The zero-order valence-electron chi connectivity index (χ0n) is 15.5. The first-order chi connectivity index (χ1) is 13.2. The number of hydrogen-bond acceptors (Lipinski definition) is 7. The molecule has 1 fully saturated rings. The molecule has 10 heteroatoms. The van der Waals surface area contributed by atoms with Crippen molar-refractivity contribution in [2.45, 2.75) is 54.4 Å². The number of benzene rings is 1. The molecule has 0 radical (unpaired) electrons. The third-order valence-corrected chi connectivity index (χ3v) is 6.97. The number of carbonyl (C=O) groups is 1. The summed E-state index contributed by atoms with van der Waals surface area (Å²) in [7, 11) is -4.04. The monoisotopic (exact) mass is 426 g/mol. The highest BCUT2D eigenvalue weighted by Gasteiger charge is 2.35. The van der Waals surface area contributed by atoms with Gasteiger partial charge in [0.2, 0.25) is 10.0 Å². The molecule has 0 aliphatic heterocycles. The summed E-state index contributed by atoms with van der Waals surface area (Å²) in [5, 5.41) is 11.4. The van der Waals surface area contributed by atoms with E-state index < -0.39 is 32.1 Å². The maximum Gasteiger partial charge on any atom is 0.316 e. The number of ether oxygens (including phenoxy) is 1. The van der Waals surface area contributed by atoms with Crippen LogP contribution in [0.15, 0.2) is 28.0 Å². The summed E-state index contributed by atoms with van der Waals surface area (Å²) in [5.41, 5.74) is -1.36. The summed E-state index contributed by atoms with van der Waals surface area (Å²) < 4.78 is 32.9. The fraction of sp³-hybridized carbons (Fsp3) is 0.500. The normalized spacial score (nSPS) is 16.1. The van der Waals surface area contributed by atoms with E-state index in [-0.39, 0.29) is 22.2 Å². The number of nitro benzene ring substituents is 1. The quantitative estimate of drug-likeness (QED) is 0.223. The van der Waals surface area contributed by atoms with Crippen molar-refractivity contribution in [3.63, 3.8) is 0 Å². The minimum Gasteiger partial charge on any atom is -0.465 e. The van der Waals surface area contributed by atoms with E-state index in [0.29, 0.717) is 12.8 Å². The maximum absolute atomic E-state index is 12.8. The largest absolute Gasteiger partial charge is 0.465 e. The third kappa shape index (κ3) is 5.47. The van der Waals surface area contributed by atoms with Crippen LogP contribution in [0, 0.1) is 22.5 Å². The van der Waals surface area contributed by atoms with Gasteiger partial charge in [-0.25, -0.2) is 8.42 Å². The fourth-order valence-electron chi connectivity index (χ4n) is 3.02. The van der Waals surface area contributed by atoms with Gasteiger partial charge in [0, 0.05) is 6.07 Å². The number of nitrogens with one attached hydrogen (secondary N) is 1. The molecule has 28 heavy (non-hydrogen) atoms. The van der Waals surface area contributed by atoms with Crippen molar-refractivity contribution >= 4 is 33.4 Å². The minimum atomic E-state index is -4.04. The van der Waals surface area contributed by atoms with Gasteiger partial charge >= 0.3 is 5.97 Å². The molecule has 1 aliphatic carbocycles. The van der Waals surface area contributed by atoms with Gasteiger partial charge < -0.3 is 4.74 Å². The highest BCUT2D eigenvalue weighted by Crippen LogP contribution is 2.33. The van der Waals surface area contributed by atoms with Gasteiger partial charge in [-0.05, 0) is 31.9 Å². The molecule has 1 N–H and O–H groups in total. The number of nitrogens with zero attached hydrogens (tertiary/aromatic N) is 1. The van der Waals surface area contributed by atoms with Crippen molar-refractivity contribution in [2.75, 3.05) is 12.4 Å². The number of nitro groups is 1. The van der Waals surface area contributed by atoms with Crippen molar-refractivity contribution in [3.8, 4) is 12.3 Å². The zero-order valence-corrected chi connectivity index (χ0v) is 17.1. The smallest absolute Gasteiger partial charge is 0.316 e. The Labute approximate surface area is 168 Å². The Morgan fingerprint density at radius 2 is 2.07 bits per heavy atom. The molecule has 1 aromatic carbocycles. The molecular formula is C18H22N2O6S2. The molecule has 1 saturated carbocycles. The lowest BCUT2D eigenvalue weighted by Crippen LogP contribution is -2.48. The van der Waals surface area contributed by atoms with E-state index in [4.69, 9.17) is 11.2 Å². The lowest BCUT2D eigenvalue weighted by Gasteiger charge is -2.32. The van der Waals surface area contributed by atoms with Gasteiger partial charge in [-0.3, -0.25) is 14.9 Å². The molecule has 0 heterocycles. The van der Waals surface area contributed by atoms with Gasteiger partial charge in [0.05, 0.1) is 32.6 Å². The molecule has 0 unspecified atom stereocenters. The van der Waals surface area contributed by atoms with Crippen LogP contribution in [-0.2, 0) is 19.6 Å². The van der Waals surface area contributed by atoms with Crippen LogP contribution in [0.3, 0.4) is 0 Å². The van der Waals surface area contributed by atoms with Crippen LogP contribution in [0.2, 0.25) is 0 Å². The van der Waals surface area contributed by atoms with Crippen LogP contribution in [-0.4, -0.2) is 37.2 Å². The predicted molar refractivity (Wildman–Crippen MR) is 105 cm³/mol. The number of hydrogen-bond donors (Lipinski definition) is 1. The summed E-state index contributed by atoms with van der Waals surface area (Å²) in [4.78, 5) is 22.2. The zero-order chi connectivity index (χ0) is 20.8. The van der Waals surface area contributed by atoms with Crippen LogP contribution in [0.1, 0.15) is 39.0 Å². The lowest BCUT2D eigenvalue weighted by atomic mass is 9.83. The third-order valence-electron chi connectivity index (χ3n) is 4.40. The van der Waals surface area contributed by atoms with Gasteiger partial charge in [-0.2, -0.15) is 4.72 Å². The second-order valence-corrected chi connectivity index (χ2v) is 9.07. The summed E-state index contributed by atoms with van der Waals surface area (Å²) in [6.07, 6.45) is 9.26. The molecule has 0 saturated heterocycles. The van der Waals surface area contributed by atoms with E-state index in [2.05, 4.69) is 10.6 Å². The molecule has 0 bridgehead atoms. The Kier molecular flexibility index (Phi) is 7.46. The number of rotatable bonds is 8. The molecule has 0 atom stereocenters. The maximum atomic E-state index is 12.8. The van der Waals surface area contributed by atoms with Gasteiger partial charge in [-0.15, -0.1) is 18.2 Å². The number of carbonyl (C=O) groups excluding carboxylic acids is 1. The van der Waals surface area contributed by atoms with E-state index in [1.165, 1.54) is 12.1 Å². The molecule has 2 rings (SSSR count). The first-order valence-corrected chi connectivity index (χ1v) is 11.3. The fourth-order valence-corrected chi connectivity index (χ4v) is 5.23. The summed E-state index contributed by atoms with van der Waals surface area (Å²) in [5.74, 6) is 1.94. The van der Waals surface area contributed by atoms with Gasteiger partial charge in [0.15, 0.2) is 0 Å². The Morgan fingerprint density at radius 1 is 1.39 bits per heavy atom. The second-order valence-electron chi connectivity index (χ2n) is 6.37. The first-order valence-electron chi connectivity index (χ1n) is 8.81. The van der Waals surface area contributed by atoms with Gasteiger partial charge in [-0.1, -0.05) is 25.2 Å². The number of sulfonamides is 1. The van der Waals surface area contributed by atoms with E-state index in [0.717, 1.165) is 37.1 Å². The molecule has 0 spiro atoms. The number of terminal acetylenes is 1. The van der Waals surface area contributed by atoms with Crippen molar-refractivity contribution in [1.82, 2.24) is 4.72 Å². The molecule has 152 valence electrons. The summed E-state index contributed by atoms with van der Waals surface area (Å²) in [6, 6.07) is 3.58. The van der Waals surface area contributed by atoms with Crippen LogP contribution in [0.25, 0.3) is 0 Å². The lowest BCUT2D eigenvalue weighted by molar-refractivity contribution is -0.388. The van der Waals surface area contributed by atoms with Gasteiger partial charge in [0.1, 0.15) is 0 Å². The summed E-state index contributed by atoms with van der Waals surface area (Å²) >= 11 is 0.918. The highest BCUT2D eigenvalue weighted by atomic mass is 32.2. The second kappa shape index (κ2) is 9.41. The van der Waals surface area contributed by atoms with Crippen LogP contribution < -0.4 is 4.72 Å². The highest BCUT2D eigenvalue weighted by molar-refractivity contribution is 8.00. The average molecular weight is 427 g/mol. The first kappa shape index (κ1) is 22.2. The van der Waals surface area contributed by atoms with Crippen LogP contribution >= 0.6 is 11.8 Å². The SMILES string of the molecule is C#CC1(NS(=O)(=O)c2ccc(SCC(=O)OCC)c([N+](=O)[O-])c2)CCCCC1. The Bertz CT molecular complexity index is 886. The standard InChI is InChI=1S/C18H22N2O6S2/c1-3-18(10-6-5-7-11-18)19-28(24,25)14-8-9-16(15(12-14)20(22)23)27-13-17(21)26-4-2/h1,8-9,12,19H,4-7,10-11,13H2,2H3. The Morgan fingerprint density at radius 3 is 2.64 bits per heavy atom. The predicted octanol–water partition coefficient (Wildman–Crippen LogP) is 2.86. The van der Waals surface area contributed by atoms with Crippen molar-refractivity contribution in [3.05, 3.63) is 28.3 Å². The van der Waals surface area contributed by atoms with E-state index in [1.807, 2.05) is 0 Å². The van der Waals surface area contributed by atoms with E-state index in [1.54, 1.807) is 6.92 Å². The van der Waals surface area contributed by atoms with Crippen molar-refractivity contribution in [1.29, 1.82) is 0 Å². The molecule has 1 aromatic rings. The molecule has 0 amide bonds. The molecule has 0 aromatic heterocycles. The molecular weight excluding hydrogens is 404 g/mol. The van der Waals surface area contributed by atoms with Crippen LogP contribution in [0.5, 0.6) is 0 Å². The van der Waals surface area contributed by atoms with Crippen molar-refractivity contribution < 1.29 is 22.9 Å². The summed E-state index contributed by atoms with van der Waals surface area (Å²) in [6.45, 7) is 1.87. The van der Waals surface area contributed by atoms with Gasteiger partial charge in [0.25, 0.3) is 5.69 Å². The topological polar surface area (TPSA) is 116 Å². The number of esters is 1. The Hall–Kier alpha value is -2.09. The minimum absolute atomic E-state index is 0.112. The molecule has 1 aliphatic rings. The average Bonchev–Trinajstić information content (AvgIpc) is 2.66. The van der Waals surface area contributed by atoms with E-state index >= 15 is 0 Å². The van der Waals surface area contributed by atoms with E-state index in [9.17, 15) is 23.3 Å². The molecule has 8 nitrogen and oxygen atoms in total.